The first-order valence-corrected chi connectivity index (χ1v) is 12.8. The molecule has 7 nitrogen and oxygen atoms in total. The Balaban J connectivity index is 0.00000178. The Kier molecular flexibility index (Phi) is 12.6. The fourth-order valence-corrected chi connectivity index (χ4v) is 5.48. The van der Waals surface area contributed by atoms with Gasteiger partial charge in [-0.3, -0.25) is 19.6 Å². The SMILES string of the molecule is Cl.Cl.Cl.O=C(NC(CCN1CCC2(CC1)CCN(Cc1cccnc1)C2=O)c1ccccc1)c1cccnc1. The van der Waals surface area contributed by atoms with Crippen LogP contribution in [0.1, 0.15) is 53.2 Å². The summed E-state index contributed by atoms with van der Waals surface area (Å²) in [5, 5.41) is 3.20. The maximum absolute atomic E-state index is 13.3. The van der Waals surface area contributed by atoms with Gasteiger partial charge in [-0.25, -0.2) is 0 Å². The molecule has 0 aliphatic carbocycles. The number of pyridine rings is 2. The van der Waals surface area contributed by atoms with Crippen LogP contribution in [-0.2, 0) is 11.3 Å². The van der Waals surface area contributed by atoms with Crippen molar-refractivity contribution in [3.8, 4) is 0 Å². The van der Waals surface area contributed by atoms with Gasteiger partial charge in [0.05, 0.1) is 17.0 Å². The predicted octanol–water partition coefficient (Wildman–Crippen LogP) is 5.12. The van der Waals surface area contributed by atoms with Gasteiger partial charge in [0.25, 0.3) is 5.91 Å². The topological polar surface area (TPSA) is 78.4 Å². The number of hydrogen-bond donors (Lipinski definition) is 1. The number of rotatable bonds is 8. The number of likely N-dealkylation sites (tertiary alicyclic amines) is 2. The van der Waals surface area contributed by atoms with Crippen LogP contribution in [0.3, 0.4) is 0 Å². The van der Waals surface area contributed by atoms with E-state index in [1.54, 1.807) is 30.7 Å². The summed E-state index contributed by atoms with van der Waals surface area (Å²) in [6.07, 6.45) is 10.4. The Morgan fingerprint density at radius 3 is 2.18 bits per heavy atom. The first-order chi connectivity index (χ1) is 17.6. The van der Waals surface area contributed by atoms with Crippen molar-refractivity contribution in [1.82, 2.24) is 25.1 Å². The summed E-state index contributed by atoms with van der Waals surface area (Å²) in [4.78, 5) is 38.9. The molecule has 3 aromatic rings. The molecule has 5 rings (SSSR count). The number of benzene rings is 1. The zero-order valence-corrected chi connectivity index (χ0v) is 24.2. The van der Waals surface area contributed by atoms with Crippen molar-refractivity contribution in [3.63, 3.8) is 0 Å². The van der Waals surface area contributed by atoms with Crippen LogP contribution in [0.15, 0.2) is 79.4 Å². The fourth-order valence-electron chi connectivity index (χ4n) is 5.48. The first kappa shape index (κ1) is 32.5. The molecule has 2 amide bonds. The average molecular weight is 593 g/mol. The monoisotopic (exact) mass is 591 g/mol. The molecular weight excluding hydrogens is 557 g/mol. The Labute approximate surface area is 249 Å². The van der Waals surface area contributed by atoms with Gasteiger partial charge >= 0.3 is 0 Å². The van der Waals surface area contributed by atoms with E-state index in [9.17, 15) is 9.59 Å². The molecule has 10 heteroatoms. The van der Waals surface area contributed by atoms with Gasteiger partial charge in [0.15, 0.2) is 0 Å². The molecule has 2 aromatic heterocycles. The zero-order valence-electron chi connectivity index (χ0n) is 21.8. The van der Waals surface area contributed by atoms with Crippen molar-refractivity contribution < 1.29 is 9.59 Å². The molecule has 0 saturated carbocycles. The molecule has 2 fully saturated rings. The second-order valence-electron chi connectivity index (χ2n) is 9.93. The smallest absolute Gasteiger partial charge is 0.253 e. The van der Waals surface area contributed by atoms with E-state index in [4.69, 9.17) is 0 Å². The highest BCUT2D eigenvalue weighted by molar-refractivity contribution is 5.94. The normalized spacial score (nSPS) is 16.9. The van der Waals surface area contributed by atoms with E-state index in [-0.39, 0.29) is 54.6 Å². The number of amides is 2. The number of piperidine rings is 1. The third-order valence-corrected chi connectivity index (χ3v) is 7.68. The van der Waals surface area contributed by atoms with Crippen LogP contribution in [0.4, 0.5) is 0 Å². The maximum Gasteiger partial charge on any atom is 0.253 e. The summed E-state index contributed by atoms with van der Waals surface area (Å²) in [6, 6.07) is 17.6. The summed E-state index contributed by atoms with van der Waals surface area (Å²) in [5.41, 5.74) is 2.53. The first-order valence-electron chi connectivity index (χ1n) is 12.8. The van der Waals surface area contributed by atoms with Gasteiger partial charge < -0.3 is 15.1 Å². The molecule has 2 saturated heterocycles. The number of halogens is 3. The number of aromatic nitrogens is 2. The highest BCUT2D eigenvalue weighted by Crippen LogP contribution is 2.42. The van der Waals surface area contributed by atoms with E-state index >= 15 is 0 Å². The average Bonchev–Trinajstić information content (AvgIpc) is 3.23. The third kappa shape index (κ3) is 7.92. The van der Waals surface area contributed by atoms with Gasteiger partial charge in [-0.1, -0.05) is 36.4 Å². The minimum atomic E-state index is -0.216. The summed E-state index contributed by atoms with van der Waals surface area (Å²) < 4.78 is 0. The second kappa shape index (κ2) is 15.2. The third-order valence-electron chi connectivity index (χ3n) is 7.68. The lowest BCUT2D eigenvalue weighted by atomic mass is 9.77. The molecule has 0 bridgehead atoms. The van der Waals surface area contributed by atoms with Crippen molar-refractivity contribution in [2.45, 2.75) is 38.3 Å². The number of nitrogens with one attached hydrogen (secondary N) is 1. The molecule has 2 aliphatic heterocycles. The fraction of sp³-hybridized carbons (Fsp3) is 0.379. The van der Waals surface area contributed by atoms with Gasteiger partial charge in [-0.05, 0) is 68.1 Å². The molecule has 4 heterocycles. The lowest BCUT2D eigenvalue weighted by Gasteiger charge is -2.38. The molecule has 1 aromatic carbocycles. The van der Waals surface area contributed by atoms with Crippen molar-refractivity contribution >= 4 is 49.0 Å². The van der Waals surface area contributed by atoms with E-state index in [0.717, 1.165) is 63.0 Å². The Hall–Kier alpha value is -2.71. The van der Waals surface area contributed by atoms with Gasteiger partial charge in [0, 0.05) is 44.4 Å². The molecule has 2 aliphatic rings. The summed E-state index contributed by atoms with van der Waals surface area (Å²) in [6.45, 7) is 4.16. The van der Waals surface area contributed by atoms with Crippen molar-refractivity contribution in [2.24, 2.45) is 5.41 Å². The minimum Gasteiger partial charge on any atom is -0.345 e. The van der Waals surface area contributed by atoms with Gasteiger partial charge in [-0.15, -0.1) is 37.2 Å². The Morgan fingerprint density at radius 1 is 0.872 bits per heavy atom. The van der Waals surface area contributed by atoms with Gasteiger partial charge in [0.2, 0.25) is 5.91 Å². The van der Waals surface area contributed by atoms with Crippen LogP contribution in [-0.4, -0.2) is 57.8 Å². The minimum absolute atomic E-state index is 0. The lowest BCUT2D eigenvalue weighted by Crippen LogP contribution is -2.45. The molecular formula is C29H36Cl3N5O2. The summed E-state index contributed by atoms with van der Waals surface area (Å²) in [7, 11) is 0. The van der Waals surface area contributed by atoms with Crippen molar-refractivity contribution in [2.75, 3.05) is 26.2 Å². The van der Waals surface area contributed by atoms with E-state index in [0.29, 0.717) is 18.0 Å². The van der Waals surface area contributed by atoms with E-state index < -0.39 is 0 Å². The second-order valence-corrected chi connectivity index (χ2v) is 9.93. The molecule has 39 heavy (non-hydrogen) atoms. The standard InChI is InChI=1S/C29H33N5O2.3ClH/c35-27(25-9-5-15-31-21-25)32-26(24-7-2-1-3-8-24)10-16-33-17-11-29(12-18-33)13-19-34(28(29)36)22-23-6-4-14-30-20-23;;;/h1-9,14-15,20-21,26H,10-13,16-19,22H2,(H,32,35);3*1H. The van der Waals surface area contributed by atoms with Crippen LogP contribution >= 0.6 is 37.2 Å². The lowest BCUT2D eigenvalue weighted by molar-refractivity contribution is -0.138. The zero-order chi connectivity index (χ0) is 24.8. The summed E-state index contributed by atoms with van der Waals surface area (Å²) in [5.74, 6) is 0.191. The van der Waals surface area contributed by atoms with Gasteiger partial charge in [0.1, 0.15) is 0 Å². The van der Waals surface area contributed by atoms with E-state index in [1.165, 1.54) is 0 Å². The van der Waals surface area contributed by atoms with Gasteiger partial charge in [-0.2, -0.15) is 0 Å². The molecule has 1 atom stereocenters. The summed E-state index contributed by atoms with van der Waals surface area (Å²) >= 11 is 0. The van der Waals surface area contributed by atoms with Crippen LogP contribution < -0.4 is 5.32 Å². The molecule has 1 unspecified atom stereocenters. The largest absolute Gasteiger partial charge is 0.345 e. The quantitative estimate of drug-likeness (QED) is 0.393. The van der Waals surface area contributed by atoms with Crippen molar-refractivity contribution in [3.05, 3.63) is 96.1 Å². The number of hydrogen-bond acceptors (Lipinski definition) is 5. The van der Waals surface area contributed by atoms with E-state index in [2.05, 4.69) is 32.3 Å². The molecule has 1 spiro atoms. The Bertz CT molecular complexity index is 1160. The number of carbonyl (C=O) groups excluding carboxylic acids is 2. The highest BCUT2D eigenvalue weighted by atomic mass is 35.5. The number of nitrogens with zero attached hydrogens (tertiary/aromatic N) is 4. The van der Waals surface area contributed by atoms with Crippen LogP contribution in [0.5, 0.6) is 0 Å². The highest BCUT2D eigenvalue weighted by Gasteiger charge is 2.47. The van der Waals surface area contributed by atoms with Crippen LogP contribution in [0.2, 0.25) is 0 Å². The van der Waals surface area contributed by atoms with E-state index in [1.807, 2.05) is 41.4 Å². The van der Waals surface area contributed by atoms with Crippen molar-refractivity contribution in [1.29, 1.82) is 0 Å². The number of carbonyl (C=O) groups is 2. The molecule has 0 radical (unpaired) electrons. The Morgan fingerprint density at radius 2 is 1.54 bits per heavy atom. The predicted molar refractivity (Wildman–Crippen MR) is 160 cm³/mol. The van der Waals surface area contributed by atoms with Crippen LogP contribution in [0, 0.1) is 5.41 Å². The molecule has 1 N–H and O–H groups in total. The van der Waals surface area contributed by atoms with Crippen LogP contribution in [0.25, 0.3) is 0 Å². The molecule has 210 valence electrons. The maximum atomic E-state index is 13.3.